The number of aliphatic hydroxyl groups is 1. The van der Waals surface area contributed by atoms with E-state index in [9.17, 15) is 5.11 Å². The van der Waals surface area contributed by atoms with Crippen LogP contribution < -0.4 is 0 Å². The Kier molecular flexibility index (Phi) is 15.2. The van der Waals surface area contributed by atoms with E-state index in [0.717, 1.165) is 28.3 Å². The van der Waals surface area contributed by atoms with Crippen LogP contribution in [0.3, 0.4) is 0 Å². The molecule has 2 aliphatic rings. The number of benzene rings is 4. The van der Waals surface area contributed by atoms with E-state index in [4.69, 9.17) is 37.9 Å². The maximum Gasteiger partial charge on any atom is 0.187 e. The predicted octanol–water partition coefficient (Wildman–Crippen LogP) is 7.92. The smallest absolute Gasteiger partial charge is 0.187 e. The van der Waals surface area contributed by atoms with Gasteiger partial charge in [0.05, 0.1) is 38.6 Å². The molecule has 2 heterocycles. The quantitative estimate of drug-likeness (QED) is 0.101. The van der Waals surface area contributed by atoms with Gasteiger partial charge < -0.3 is 43.0 Å². The third-order valence-electron chi connectivity index (χ3n) is 10.1. The summed E-state index contributed by atoms with van der Waals surface area (Å²) in [4.78, 5) is 0. The van der Waals surface area contributed by atoms with Crippen molar-refractivity contribution < 1.29 is 43.0 Å². The highest BCUT2D eigenvalue weighted by Crippen LogP contribution is 2.35. The molecule has 55 heavy (non-hydrogen) atoms. The van der Waals surface area contributed by atoms with Gasteiger partial charge >= 0.3 is 0 Å². The van der Waals surface area contributed by atoms with Gasteiger partial charge in [0, 0.05) is 14.7 Å². The fraction of sp³-hybridized carbons (Fsp3) is 0.467. The minimum absolute atomic E-state index is 0.265. The van der Waals surface area contributed by atoms with Gasteiger partial charge in [0.25, 0.3) is 0 Å². The van der Waals surface area contributed by atoms with E-state index in [-0.39, 0.29) is 13.2 Å². The summed E-state index contributed by atoms with van der Waals surface area (Å²) in [6, 6.07) is 40.9. The van der Waals surface area contributed by atoms with Gasteiger partial charge in [-0.25, -0.2) is 0 Å². The molecule has 2 saturated heterocycles. The summed E-state index contributed by atoms with van der Waals surface area (Å²) in [6.45, 7) is 12.5. The van der Waals surface area contributed by atoms with Crippen molar-refractivity contribution in [3.63, 3.8) is 0 Å². The van der Waals surface area contributed by atoms with E-state index in [0.29, 0.717) is 19.8 Å². The van der Waals surface area contributed by atoms with Crippen LogP contribution in [0.2, 0.25) is 25.7 Å². The van der Waals surface area contributed by atoms with E-state index < -0.39 is 69.5 Å². The summed E-state index contributed by atoms with van der Waals surface area (Å²) in [5, 5.41) is 11.5. The molecule has 2 unspecified atom stereocenters. The Morgan fingerprint density at radius 2 is 0.855 bits per heavy atom. The topological polar surface area (TPSA) is 94.1 Å². The average Bonchev–Trinajstić information content (AvgIpc) is 3.19. The molecule has 4 aromatic rings. The molecule has 1 N–H and O–H groups in total. The Hall–Kier alpha value is -3.26. The normalized spacial score (nSPS) is 28.5. The lowest BCUT2D eigenvalue weighted by molar-refractivity contribution is -0.367. The van der Waals surface area contributed by atoms with Crippen molar-refractivity contribution >= 4 is 8.07 Å². The van der Waals surface area contributed by atoms with Crippen LogP contribution in [0.4, 0.5) is 0 Å². The monoisotopic (exact) mass is 770 g/mol. The maximum atomic E-state index is 11.5. The number of hydrogen-bond acceptors (Lipinski definition) is 9. The largest absolute Gasteiger partial charge is 0.388 e. The summed E-state index contributed by atoms with van der Waals surface area (Å²) in [5.74, 6) is 0. The zero-order valence-corrected chi connectivity index (χ0v) is 33.8. The first-order valence-corrected chi connectivity index (χ1v) is 23.2. The molecule has 0 saturated carbocycles. The van der Waals surface area contributed by atoms with Gasteiger partial charge in [0.15, 0.2) is 12.6 Å². The predicted molar refractivity (Wildman–Crippen MR) is 214 cm³/mol. The van der Waals surface area contributed by atoms with Crippen LogP contribution >= 0.6 is 0 Å². The van der Waals surface area contributed by atoms with Crippen LogP contribution in [0.5, 0.6) is 0 Å². The SMILES string of the molecule is C[C@@H]1OC(O[C@H]2[C@H](OCc3ccccc3)[C@H](OCc3ccccc3)C(OCC[Si](C)(C)C)O[C@@H]2C)[C@H](OCc2ccccc2)[C@H](OCc2ccccc2)[C@H]1O. The van der Waals surface area contributed by atoms with Crippen molar-refractivity contribution in [2.75, 3.05) is 6.61 Å². The summed E-state index contributed by atoms with van der Waals surface area (Å²) >= 11 is 0. The average molecular weight is 771 g/mol. The first-order chi connectivity index (χ1) is 26.6. The van der Waals surface area contributed by atoms with Gasteiger partial charge in [-0.3, -0.25) is 0 Å². The Morgan fingerprint density at radius 3 is 1.29 bits per heavy atom. The van der Waals surface area contributed by atoms with Crippen molar-refractivity contribution in [2.24, 2.45) is 0 Å². The summed E-state index contributed by atoms with van der Waals surface area (Å²) < 4.78 is 53.4. The number of aliphatic hydroxyl groups excluding tert-OH is 1. The van der Waals surface area contributed by atoms with Crippen LogP contribution in [0.15, 0.2) is 121 Å². The minimum atomic E-state index is -1.40. The molecule has 0 aromatic heterocycles. The van der Waals surface area contributed by atoms with Crippen molar-refractivity contribution in [3.8, 4) is 0 Å². The Morgan fingerprint density at radius 1 is 0.473 bits per heavy atom. The van der Waals surface area contributed by atoms with Crippen LogP contribution in [0.25, 0.3) is 0 Å². The van der Waals surface area contributed by atoms with E-state index in [1.54, 1.807) is 0 Å². The molecule has 10 atom stereocenters. The van der Waals surface area contributed by atoms with E-state index in [1.807, 2.05) is 135 Å². The zero-order chi connectivity index (χ0) is 38.6. The van der Waals surface area contributed by atoms with Crippen LogP contribution in [0.1, 0.15) is 36.1 Å². The highest BCUT2D eigenvalue weighted by molar-refractivity contribution is 6.76. The van der Waals surface area contributed by atoms with Gasteiger partial charge in [-0.05, 0) is 42.1 Å². The standard InChI is InChI=1S/C45H58O9Si/c1-32-38(46)40(48-28-34-18-10-6-11-19-34)42(50-30-36-22-14-8-15-23-36)45(52-32)54-39-33(2)53-44(47-26-27-55(3,4)5)43(51-31-37-24-16-9-17-25-37)41(39)49-29-35-20-12-7-13-21-35/h6-25,32-33,38-46H,26-31H2,1-5H3/t32-,33+,38-,39+,40+,41-,42+,43-,44?,45?/m0/s1. The molecule has 2 aliphatic heterocycles. The molecule has 0 bridgehead atoms. The van der Waals surface area contributed by atoms with Gasteiger partial charge in [-0.1, -0.05) is 141 Å². The second-order valence-corrected chi connectivity index (χ2v) is 21.4. The summed E-state index contributed by atoms with van der Waals surface area (Å²) in [5.41, 5.74) is 3.99. The lowest BCUT2D eigenvalue weighted by Gasteiger charge is -2.49. The van der Waals surface area contributed by atoms with Crippen LogP contribution in [-0.2, 0) is 64.3 Å². The van der Waals surface area contributed by atoms with Crippen molar-refractivity contribution in [1.29, 1.82) is 0 Å². The van der Waals surface area contributed by atoms with Crippen molar-refractivity contribution in [2.45, 2.75) is 127 Å². The minimum Gasteiger partial charge on any atom is -0.388 e. The third kappa shape index (κ3) is 12.1. The Balaban J connectivity index is 1.30. The fourth-order valence-electron chi connectivity index (χ4n) is 6.83. The van der Waals surface area contributed by atoms with E-state index >= 15 is 0 Å². The van der Waals surface area contributed by atoms with E-state index in [2.05, 4.69) is 19.6 Å². The third-order valence-corrected chi connectivity index (χ3v) is 11.8. The fourth-order valence-corrected chi connectivity index (χ4v) is 7.56. The molecule has 2 fully saturated rings. The number of ether oxygens (including phenoxy) is 8. The van der Waals surface area contributed by atoms with Crippen LogP contribution in [0, 0.1) is 0 Å². The summed E-state index contributed by atoms with van der Waals surface area (Å²) in [7, 11) is -1.40. The maximum absolute atomic E-state index is 11.5. The molecule has 296 valence electrons. The molecule has 0 spiro atoms. The van der Waals surface area contributed by atoms with E-state index in [1.165, 1.54) is 0 Å². The molecule has 0 amide bonds. The van der Waals surface area contributed by atoms with Gasteiger partial charge in [-0.2, -0.15) is 0 Å². The highest BCUT2D eigenvalue weighted by Gasteiger charge is 2.52. The second-order valence-electron chi connectivity index (χ2n) is 15.7. The number of hydrogen-bond donors (Lipinski definition) is 1. The van der Waals surface area contributed by atoms with Crippen molar-refractivity contribution in [3.05, 3.63) is 144 Å². The molecule has 4 aromatic carbocycles. The second kappa shape index (κ2) is 20.2. The Labute approximate surface area is 327 Å². The molecule has 0 aliphatic carbocycles. The molecular weight excluding hydrogens is 713 g/mol. The molecule has 9 nitrogen and oxygen atoms in total. The number of rotatable bonds is 18. The van der Waals surface area contributed by atoms with Crippen LogP contribution in [-0.4, -0.2) is 81.2 Å². The molecule has 10 heteroatoms. The van der Waals surface area contributed by atoms with Gasteiger partial charge in [-0.15, -0.1) is 0 Å². The summed E-state index contributed by atoms with van der Waals surface area (Å²) in [6.07, 6.45) is -7.23. The van der Waals surface area contributed by atoms with Gasteiger partial charge in [0.1, 0.15) is 36.6 Å². The lowest BCUT2D eigenvalue weighted by Crippen LogP contribution is -2.64. The van der Waals surface area contributed by atoms with Crippen molar-refractivity contribution in [1.82, 2.24) is 0 Å². The molecule has 0 radical (unpaired) electrons. The molecule has 6 rings (SSSR count). The zero-order valence-electron chi connectivity index (χ0n) is 32.8. The first kappa shape index (κ1) is 41.4. The van der Waals surface area contributed by atoms with Gasteiger partial charge in [0.2, 0.25) is 0 Å². The highest BCUT2D eigenvalue weighted by atomic mass is 28.3. The lowest BCUT2D eigenvalue weighted by atomic mass is 9.96. The Bertz CT molecular complexity index is 1660. The first-order valence-electron chi connectivity index (χ1n) is 19.5. The molecular formula is C45H58O9Si.